The van der Waals surface area contributed by atoms with E-state index >= 15 is 0 Å². The Labute approximate surface area is 84.6 Å². The quantitative estimate of drug-likeness (QED) is 0.658. The van der Waals surface area contributed by atoms with Gasteiger partial charge in [0.2, 0.25) is 0 Å². The predicted octanol–water partition coefficient (Wildman–Crippen LogP) is -0.00240. The van der Waals surface area contributed by atoms with Crippen LogP contribution in [-0.2, 0) is 14.5 Å². The normalized spacial score (nSPS) is 19.6. The first-order valence-corrected chi connectivity index (χ1v) is 6.41. The first-order valence-electron chi connectivity index (χ1n) is 4.56. The second-order valence-electron chi connectivity index (χ2n) is 3.12. The first-order chi connectivity index (χ1) is 6.66. The summed E-state index contributed by atoms with van der Waals surface area (Å²) in [5.41, 5.74) is 0. The van der Waals surface area contributed by atoms with Crippen molar-refractivity contribution in [3.8, 4) is 12.3 Å². The van der Waals surface area contributed by atoms with Crippen molar-refractivity contribution in [3.63, 3.8) is 0 Å². The number of carbonyl (C=O) groups excluding carboxylic acids is 1. The van der Waals surface area contributed by atoms with Gasteiger partial charge >= 0.3 is 0 Å². The number of nitrogens with zero attached hydrogens (tertiary/aromatic N) is 1. The maximum atomic E-state index is 11.9. The summed E-state index contributed by atoms with van der Waals surface area (Å²) in [6, 6.07) is 0. The lowest BCUT2D eigenvalue weighted by Crippen LogP contribution is -2.36. The minimum absolute atomic E-state index is 0.209. The molecule has 0 unspecified atom stereocenters. The van der Waals surface area contributed by atoms with E-state index in [1.54, 1.807) is 0 Å². The minimum atomic E-state index is -2.28. The van der Waals surface area contributed by atoms with Crippen LogP contribution in [0.3, 0.4) is 0 Å². The van der Waals surface area contributed by atoms with Gasteiger partial charge in [-0.25, -0.2) is 4.21 Å². The molecular weight excluding hydrogens is 200 g/mol. The molecule has 0 radical (unpaired) electrons. The van der Waals surface area contributed by atoms with Gasteiger partial charge in [-0.1, -0.05) is 0 Å². The molecule has 0 aromatic heterocycles. The molecule has 5 heteroatoms. The van der Waals surface area contributed by atoms with Gasteiger partial charge in [0, 0.05) is 37.4 Å². The Morgan fingerprint density at radius 1 is 1.50 bits per heavy atom. The molecule has 1 N–H and O–H groups in total. The van der Waals surface area contributed by atoms with Crippen LogP contribution in [0.4, 0.5) is 0 Å². The lowest BCUT2D eigenvalue weighted by atomic mass is 10.3. The van der Waals surface area contributed by atoms with Crippen LogP contribution in [0.15, 0.2) is 4.36 Å². The lowest BCUT2D eigenvalue weighted by molar-refractivity contribution is -0.117. The number of hydrogen-bond donors (Lipinski definition) is 1. The smallest absolute Gasteiger partial charge is 0.254 e. The Balaban J connectivity index is 2.61. The Hall–Kier alpha value is -0.860. The van der Waals surface area contributed by atoms with Gasteiger partial charge in [0.15, 0.2) is 0 Å². The topological polar surface area (TPSA) is 58.5 Å². The van der Waals surface area contributed by atoms with Crippen LogP contribution in [0, 0.1) is 12.3 Å². The number of nitrogens with one attached hydrogen (secondary N) is 1. The highest BCUT2D eigenvalue weighted by atomic mass is 32.2. The third-order valence-electron chi connectivity index (χ3n) is 1.95. The van der Waals surface area contributed by atoms with Crippen molar-refractivity contribution in [2.24, 2.45) is 4.36 Å². The fourth-order valence-electron chi connectivity index (χ4n) is 1.19. The van der Waals surface area contributed by atoms with Crippen molar-refractivity contribution < 1.29 is 9.00 Å². The molecule has 0 spiro atoms. The molecule has 1 heterocycles. The van der Waals surface area contributed by atoms with E-state index in [1.807, 2.05) is 0 Å². The Morgan fingerprint density at radius 2 is 2.14 bits per heavy atom. The molecule has 0 aromatic rings. The van der Waals surface area contributed by atoms with E-state index in [0.29, 0.717) is 31.0 Å². The van der Waals surface area contributed by atoms with Crippen molar-refractivity contribution in [2.45, 2.75) is 12.8 Å². The Bertz CT molecular complexity index is 349. The van der Waals surface area contributed by atoms with Crippen molar-refractivity contribution in [2.75, 3.05) is 24.6 Å². The zero-order valence-electron chi connectivity index (χ0n) is 7.99. The van der Waals surface area contributed by atoms with Crippen LogP contribution in [-0.4, -0.2) is 34.7 Å². The zero-order chi connectivity index (χ0) is 10.4. The van der Waals surface area contributed by atoms with Gasteiger partial charge in [0.05, 0.1) is 9.73 Å². The minimum Gasteiger partial charge on any atom is -0.315 e. The molecule has 14 heavy (non-hydrogen) atoms. The van der Waals surface area contributed by atoms with Gasteiger partial charge in [0.1, 0.15) is 0 Å². The maximum Gasteiger partial charge on any atom is 0.254 e. The summed E-state index contributed by atoms with van der Waals surface area (Å²) in [6.45, 7) is 1.34. The van der Waals surface area contributed by atoms with E-state index in [4.69, 9.17) is 6.42 Å². The molecule has 0 aromatic carbocycles. The molecule has 0 saturated carbocycles. The van der Waals surface area contributed by atoms with Crippen LogP contribution in [0.1, 0.15) is 12.8 Å². The summed E-state index contributed by atoms with van der Waals surface area (Å²) in [5.74, 6) is 2.97. The summed E-state index contributed by atoms with van der Waals surface area (Å²) < 4.78 is 15.7. The van der Waals surface area contributed by atoms with Gasteiger partial charge < -0.3 is 5.32 Å². The summed E-state index contributed by atoms with van der Waals surface area (Å²) in [7, 11) is -2.28. The fourth-order valence-corrected chi connectivity index (χ4v) is 2.97. The standard InChI is InChI=1S/C9H14N2O2S/c1-2-3-4-9(12)11-14(13)7-5-10-6-8-14/h1,10H,3-8H2. The number of hydrogen-bond acceptors (Lipinski definition) is 3. The maximum absolute atomic E-state index is 11.9. The molecule has 1 saturated heterocycles. The predicted molar refractivity (Wildman–Crippen MR) is 56.2 cm³/mol. The molecule has 1 aliphatic rings. The molecule has 78 valence electrons. The Kier molecular flexibility index (Phi) is 4.11. The average Bonchev–Trinajstić information content (AvgIpc) is 2.15. The summed E-state index contributed by atoms with van der Waals surface area (Å²) in [6.07, 6.45) is 5.60. The van der Waals surface area contributed by atoms with Crippen LogP contribution in [0.5, 0.6) is 0 Å². The highest BCUT2D eigenvalue weighted by molar-refractivity contribution is 7.94. The average molecular weight is 214 g/mol. The second-order valence-corrected chi connectivity index (χ2v) is 5.66. The number of rotatable bonds is 2. The second kappa shape index (κ2) is 5.13. The van der Waals surface area contributed by atoms with E-state index in [0.717, 1.165) is 0 Å². The SMILES string of the molecule is C#CCCC(=O)N=S1(=O)CCNCC1. The molecule has 0 aliphatic carbocycles. The molecule has 1 aliphatic heterocycles. The van der Waals surface area contributed by atoms with Crippen LogP contribution in [0.2, 0.25) is 0 Å². The van der Waals surface area contributed by atoms with Gasteiger partial charge in [-0.2, -0.15) is 4.36 Å². The third-order valence-corrected chi connectivity index (χ3v) is 4.17. The van der Waals surface area contributed by atoms with Gasteiger partial charge in [-0.05, 0) is 0 Å². The number of carbonyl (C=O) groups is 1. The molecule has 0 bridgehead atoms. The molecular formula is C9H14N2O2S. The van der Waals surface area contributed by atoms with E-state index < -0.39 is 9.73 Å². The highest BCUT2D eigenvalue weighted by Crippen LogP contribution is 2.02. The first kappa shape index (κ1) is 11.2. The van der Waals surface area contributed by atoms with Crippen LogP contribution < -0.4 is 5.32 Å². The molecule has 1 rings (SSSR count). The van der Waals surface area contributed by atoms with E-state index in [1.165, 1.54) is 0 Å². The molecule has 0 atom stereocenters. The van der Waals surface area contributed by atoms with Gasteiger partial charge in [-0.3, -0.25) is 4.79 Å². The summed E-state index contributed by atoms with van der Waals surface area (Å²) in [5, 5.41) is 3.07. The van der Waals surface area contributed by atoms with E-state index in [9.17, 15) is 9.00 Å². The van der Waals surface area contributed by atoms with Crippen LogP contribution >= 0.6 is 0 Å². The Morgan fingerprint density at radius 3 is 2.71 bits per heavy atom. The monoisotopic (exact) mass is 214 g/mol. The van der Waals surface area contributed by atoms with Crippen molar-refractivity contribution in [1.82, 2.24) is 5.32 Å². The lowest BCUT2D eigenvalue weighted by Gasteiger charge is -2.15. The zero-order valence-corrected chi connectivity index (χ0v) is 8.81. The highest BCUT2D eigenvalue weighted by Gasteiger charge is 2.15. The largest absolute Gasteiger partial charge is 0.315 e. The van der Waals surface area contributed by atoms with Crippen molar-refractivity contribution in [3.05, 3.63) is 0 Å². The van der Waals surface area contributed by atoms with Crippen molar-refractivity contribution in [1.29, 1.82) is 0 Å². The van der Waals surface area contributed by atoms with Gasteiger partial charge in [0.25, 0.3) is 5.91 Å². The third kappa shape index (κ3) is 3.48. The molecule has 1 fully saturated rings. The number of amides is 1. The summed E-state index contributed by atoms with van der Waals surface area (Å²) >= 11 is 0. The van der Waals surface area contributed by atoms with Crippen molar-refractivity contribution >= 4 is 15.6 Å². The van der Waals surface area contributed by atoms with Crippen LogP contribution in [0.25, 0.3) is 0 Å². The number of terminal acetylenes is 1. The molecule has 4 nitrogen and oxygen atoms in total. The van der Waals surface area contributed by atoms with E-state index in [2.05, 4.69) is 15.6 Å². The van der Waals surface area contributed by atoms with E-state index in [-0.39, 0.29) is 12.3 Å². The van der Waals surface area contributed by atoms with Gasteiger partial charge in [-0.15, -0.1) is 12.3 Å². The fraction of sp³-hybridized carbons (Fsp3) is 0.667. The molecule has 1 amide bonds. The summed E-state index contributed by atoms with van der Waals surface area (Å²) in [4.78, 5) is 11.2.